The van der Waals surface area contributed by atoms with Gasteiger partial charge in [-0.2, -0.15) is 0 Å². The monoisotopic (exact) mass is 510 g/mol. The van der Waals surface area contributed by atoms with E-state index >= 15 is 0 Å². The molecule has 0 saturated heterocycles. The van der Waals surface area contributed by atoms with Gasteiger partial charge in [-0.1, -0.05) is 87.6 Å². The van der Waals surface area contributed by atoms with Crippen LogP contribution in [0.25, 0.3) is 28.6 Å². The number of aliphatic carboxylic acids is 1. The molecule has 0 radical (unpaired) electrons. The van der Waals surface area contributed by atoms with E-state index in [4.69, 9.17) is 4.98 Å². The number of H-pyrrole nitrogens is 1. The Balaban J connectivity index is 1.42. The molecule has 0 aliphatic heterocycles. The van der Waals surface area contributed by atoms with Gasteiger partial charge in [-0.25, -0.2) is 14.9 Å². The van der Waals surface area contributed by atoms with Crippen molar-refractivity contribution in [3.8, 4) is 22.5 Å². The number of rotatable bonds is 11. The van der Waals surface area contributed by atoms with Crippen LogP contribution < -0.4 is 0 Å². The second-order valence-electron chi connectivity index (χ2n) is 10.1. The van der Waals surface area contributed by atoms with Gasteiger partial charge in [0.1, 0.15) is 5.82 Å². The lowest BCUT2D eigenvalue weighted by Crippen LogP contribution is -2.10. The number of nitrogens with zero attached hydrogens (tertiary/aromatic N) is 5. The average Bonchev–Trinajstić information content (AvgIpc) is 3.72. The summed E-state index contributed by atoms with van der Waals surface area (Å²) in [6, 6.07) is 16.5. The van der Waals surface area contributed by atoms with E-state index in [1.807, 2.05) is 30.5 Å². The van der Waals surface area contributed by atoms with Gasteiger partial charge >= 0.3 is 5.97 Å². The number of tetrazole rings is 1. The minimum absolute atomic E-state index is 0.469. The Morgan fingerprint density at radius 1 is 1.11 bits per heavy atom. The van der Waals surface area contributed by atoms with Crippen LogP contribution in [0.1, 0.15) is 69.0 Å². The van der Waals surface area contributed by atoms with Gasteiger partial charge in [0.2, 0.25) is 0 Å². The lowest BCUT2D eigenvalue weighted by Gasteiger charge is -2.14. The van der Waals surface area contributed by atoms with Crippen LogP contribution in [0.5, 0.6) is 0 Å². The van der Waals surface area contributed by atoms with Crippen molar-refractivity contribution in [2.45, 2.75) is 64.8 Å². The molecule has 8 nitrogen and oxygen atoms in total. The van der Waals surface area contributed by atoms with Crippen LogP contribution >= 0.6 is 0 Å². The number of imidazole rings is 1. The molecule has 0 atom stereocenters. The Bertz CT molecular complexity index is 1380. The van der Waals surface area contributed by atoms with Crippen LogP contribution in [-0.4, -0.2) is 41.3 Å². The number of unbranched alkanes of at least 4 members (excludes halogenated alkanes) is 1. The predicted octanol–water partition coefficient (Wildman–Crippen LogP) is 6.17. The number of carboxylic acid groups (broad SMARTS) is 1. The average molecular weight is 511 g/mol. The number of nitrogens with one attached hydrogen (secondary N) is 1. The molecule has 1 aliphatic carbocycles. The van der Waals surface area contributed by atoms with Crippen molar-refractivity contribution in [3.05, 3.63) is 77.4 Å². The third kappa shape index (κ3) is 5.90. The van der Waals surface area contributed by atoms with Crippen LogP contribution in [0.3, 0.4) is 0 Å². The van der Waals surface area contributed by atoms with Gasteiger partial charge in [0.25, 0.3) is 0 Å². The number of aromatic nitrogens is 6. The van der Waals surface area contributed by atoms with Crippen molar-refractivity contribution in [2.75, 3.05) is 0 Å². The van der Waals surface area contributed by atoms with Crippen molar-refractivity contribution >= 4 is 12.0 Å². The van der Waals surface area contributed by atoms with E-state index in [9.17, 15) is 9.90 Å². The molecular formula is C30H34N6O2. The number of hydrogen-bond donors (Lipinski definition) is 2. The first-order valence-electron chi connectivity index (χ1n) is 13.5. The van der Waals surface area contributed by atoms with E-state index in [2.05, 4.69) is 62.4 Å². The first kappa shape index (κ1) is 25.6. The number of carbonyl (C=O) groups is 1. The standard InChI is InChI=1S/C30H34N6O2/c1-2-3-12-28-31-19-25(18-24(30(37)38)17-21-8-4-5-9-21)36(28)20-22-13-15-23(16-14-22)26-10-6-7-11-27(26)29-32-34-35-33-29/h6-7,10-11,13-16,18-19,21H,2-5,8-9,12,17,20H2,1H3,(H,37,38)(H,32,33,34,35). The molecule has 1 aliphatic rings. The minimum atomic E-state index is -0.829. The summed E-state index contributed by atoms with van der Waals surface area (Å²) in [7, 11) is 0. The lowest BCUT2D eigenvalue weighted by molar-refractivity contribution is -0.132. The Kier molecular flexibility index (Phi) is 8.06. The molecule has 196 valence electrons. The predicted molar refractivity (Wildman–Crippen MR) is 147 cm³/mol. The zero-order valence-electron chi connectivity index (χ0n) is 21.8. The Labute approximate surface area is 222 Å². The molecule has 2 N–H and O–H groups in total. The first-order chi connectivity index (χ1) is 18.6. The van der Waals surface area contributed by atoms with Crippen molar-refractivity contribution in [3.63, 3.8) is 0 Å². The summed E-state index contributed by atoms with van der Waals surface area (Å²) >= 11 is 0. The molecule has 1 saturated carbocycles. The van der Waals surface area contributed by atoms with E-state index in [0.717, 1.165) is 65.9 Å². The number of hydrogen-bond acceptors (Lipinski definition) is 5. The third-order valence-electron chi connectivity index (χ3n) is 7.44. The molecule has 2 aromatic heterocycles. The second-order valence-corrected chi connectivity index (χ2v) is 10.1. The molecule has 2 aromatic carbocycles. The maximum atomic E-state index is 12.1. The van der Waals surface area contributed by atoms with Gasteiger partial charge in [0.15, 0.2) is 5.82 Å². The van der Waals surface area contributed by atoms with Gasteiger partial charge in [0.05, 0.1) is 11.9 Å². The van der Waals surface area contributed by atoms with Gasteiger partial charge < -0.3 is 9.67 Å². The number of aromatic amines is 1. The summed E-state index contributed by atoms with van der Waals surface area (Å²) in [5, 5.41) is 24.3. The van der Waals surface area contributed by atoms with E-state index < -0.39 is 5.97 Å². The highest BCUT2D eigenvalue weighted by atomic mass is 16.4. The van der Waals surface area contributed by atoms with Crippen LogP contribution in [0, 0.1) is 5.92 Å². The zero-order chi connectivity index (χ0) is 26.3. The Morgan fingerprint density at radius 3 is 2.55 bits per heavy atom. The number of aryl methyl sites for hydroxylation is 1. The highest BCUT2D eigenvalue weighted by molar-refractivity contribution is 5.91. The van der Waals surface area contributed by atoms with Crippen molar-refractivity contribution < 1.29 is 9.90 Å². The second kappa shape index (κ2) is 12.0. The summed E-state index contributed by atoms with van der Waals surface area (Å²) < 4.78 is 2.18. The Morgan fingerprint density at radius 2 is 1.87 bits per heavy atom. The third-order valence-corrected chi connectivity index (χ3v) is 7.44. The van der Waals surface area contributed by atoms with Crippen LogP contribution in [0.4, 0.5) is 0 Å². The minimum Gasteiger partial charge on any atom is -0.478 e. The van der Waals surface area contributed by atoms with Gasteiger partial charge in [0, 0.05) is 24.1 Å². The molecule has 2 heterocycles. The van der Waals surface area contributed by atoms with Gasteiger partial charge in [-0.3, -0.25) is 0 Å². The molecule has 1 fully saturated rings. The molecule has 0 amide bonds. The van der Waals surface area contributed by atoms with Crippen molar-refractivity contribution in [1.29, 1.82) is 0 Å². The normalized spacial score (nSPS) is 14.3. The molecule has 38 heavy (non-hydrogen) atoms. The summed E-state index contributed by atoms with van der Waals surface area (Å²) in [6.45, 7) is 2.80. The number of carboxylic acids is 1. The van der Waals surface area contributed by atoms with Crippen molar-refractivity contribution in [2.24, 2.45) is 5.92 Å². The first-order valence-corrected chi connectivity index (χ1v) is 13.5. The van der Waals surface area contributed by atoms with Crippen molar-refractivity contribution in [1.82, 2.24) is 30.2 Å². The fourth-order valence-corrected chi connectivity index (χ4v) is 5.36. The summed E-state index contributed by atoms with van der Waals surface area (Å²) in [6.07, 6.45) is 11.9. The maximum absolute atomic E-state index is 12.1. The smallest absolute Gasteiger partial charge is 0.331 e. The summed E-state index contributed by atoms with van der Waals surface area (Å²) in [4.78, 5) is 16.8. The fraction of sp³-hybridized carbons (Fsp3) is 0.367. The van der Waals surface area contributed by atoms with Crippen LogP contribution in [-0.2, 0) is 17.8 Å². The fourth-order valence-electron chi connectivity index (χ4n) is 5.36. The van der Waals surface area contributed by atoms with Gasteiger partial charge in [-0.05, 0) is 52.0 Å². The van der Waals surface area contributed by atoms with Crippen LogP contribution in [0.2, 0.25) is 0 Å². The topological polar surface area (TPSA) is 110 Å². The molecule has 5 rings (SSSR count). The molecule has 0 spiro atoms. The van der Waals surface area contributed by atoms with E-state index in [0.29, 0.717) is 30.3 Å². The molecule has 8 heteroatoms. The van der Waals surface area contributed by atoms with Gasteiger partial charge in [-0.15, -0.1) is 5.10 Å². The maximum Gasteiger partial charge on any atom is 0.331 e. The highest BCUT2D eigenvalue weighted by Crippen LogP contribution is 2.32. The molecule has 4 aromatic rings. The number of benzene rings is 2. The van der Waals surface area contributed by atoms with E-state index in [1.54, 1.807) is 0 Å². The Hall–Kier alpha value is -4.07. The highest BCUT2D eigenvalue weighted by Gasteiger charge is 2.21. The lowest BCUT2D eigenvalue weighted by atomic mass is 9.97. The quantitative estimate of drug-likeness (QED) is 0.234. The van der Waals surface area contributed by atoms with Crippen LogP contribution in [0.15, 0.2) is 60.3 Å². The van der Waals surface area contributed by atoms with E-state index in [1.165, 1.54) is 12.8 Å². The van der Waals surface area contributed by atoms with E-state index in [-0.39, 0.29) is 0 Å². The molecular weight excluding hydrogens is 476 g/mol. The summed E-state index contributed by atoms with van der Waals surface area (Å²) in [5.74, 6) is 1.27. The largest absolute Gasteiger partial charge is 0.478 e. The zero-order valence-corrected chi connectivity index (χ0v) is 21.8. The molecule has 0 unspecified atom stereocenters. The molecule has 0 bridgehead atoms. The summed E-state index contributed by atoms with van der Waals surface area (Å²) in [5.41, 5.74) is 5.53. The SMILES string of the molecule is CCCCc1ncc(C=C(CC2CCCC2)C(=O)O)n1Cc1ccc(-c2ccccc2-c2nnn[nH]2)cc1.